The first-order chi connectivity index (χ1) is 10.2. The molecule has 0 bridgehead atoms. The third-order valence-electron chi connectivity index (χ3n) is 2.20. The van der Waals surface area contributed by atoms with Gasteiger partial charge in [-0.1, -0.05) is 20.8 Å². The number of halogens is 4. The number of hydrogen-bond donors (Lipinski definition) is 1. The van der Waals surface area contributed by atoms with Crippen molar-refractivity contribution in [1.82, 2.24) is 0 Å². The van der Waals surface area contributed by atoms with Crippen molar-refractivity contribution in [1.29, 1.82) is 0 Å². The van der Waals surface area contributed by atoms with Crippen LogP contribution in [0, 0.1) is 38.7 Å². The molecular formula is C16H12I4O2. The maximum atomic E-state index is 9.79. The first kappa shape index (κ1) is 22.4. The standard InChI is InChI=1S/C10H12I2O.C6I2O/c1-10(2,3)6-4-7(11)9(13)8(12)5-6;7-5-3-1-2-4-6-8-9/h4-5,13H,1-3H3;. The number of hydrogen-bond acceptors (Lipinski definition) is 2. The Kier molecular flexibility index (Phi) is 12.1. The summed E-state index contributed by atoms with van der Waals surface area (Å²) in [7, 11) is 0. The Hall–Kier alpha value is 0.420. The van der Waals surface area contributed by atoms with E-state index in [1.807, 2.05) is 34.7 Å². The van der Waals surface area contributed by atoms with Crippen LogP contribution in [0.25, 0.3) is 0 Å². The van der Waals surface area contributed by atoms with Gasteiger partial charge < -0.3 is 5.11 Å². The molecule has 22 heavy (non-hydrogen) atoms. The maximum absolute atomic E-state index is 9.79. The Labute approximate surface area is 183 Å². The number of rotatable bonds is 0. The van der Waals surface area contributed by atoms with Crippen LogP contribution in [-0.4, -0.2) is 5.11 Å². The second kappa shape index (κ2) is 11.9. The molecule has 6 heteroatoms. The van der Waals surface area contributed by atoms with Gasteiger partial charge in [0.25, 0.3) is 0 Å². The maximum Gasteiger partial charge on any atom is 0.237 e. The van der Waals surface area contributed by atoms with Gasteiger partial charge in [-0.3, -0.25) is 3.07 Å². The molecule has 0 aliphatic rings. The fourth-order valence-electron chi connectivity index (χ4n) is 1.13. The van der Waals surface area contributed by atoms with Gasteiger partial charge >= 0.3 is 0 Å². The molecule has 0 aliphatic carbocycles. The predicted octanol–water partition coefficient (Wildman–Crippen LogP) is 5.56. The van der Waals surface area contributed by atoms with Crippen molar-refractivity contribution in [2.45, 2.75) is 26.2 Å². The Bertz CT molecular complexity index is 691. The zero-order chi connectivity index (χ0) is 17.2. The smallest absolute Gasteiger partial charge is 0.237 e. The van der Waals surface area contributed by atoms with Crippen molar-refractivity contribution < 1.29 is 8.18 Å². The molecule has 0 heterocycles. The summed E-state index contributed by atoms with van der Waals surface area (Å²) in [4.78, 5) is 0. The molecule has 0 spiro atoms. The summed E-state index contributed by atoms with van der Waals surface area (Å²) < 4.78 is 16.6. The van der Waals surface area contributed by atoms with Crippen LogP contribution >= 0.6 is 89.0 Å². The lowest BCUT2D eigenvalue weighted by Crippen LogP contribution is -2.11. The van der Waals surface area contributed by atoms with Crippen LogP contribution in [0.3, 0.4) is 0 Å². The third kappa shape index (κ3) is 9.53. The lowest BCUT2D eigenvalue weighted by atomic mass is 9.87. The molecule has 0 fully saturated rings. The quantitative estimate of drug-likeness (QED) is 0.280. The Morgan fingerprint density at radius 3 is 1.95 bits per heavy atom. The second-order valence-corrected chi connectivity index (χ2v) is 8.65. The molecule has 1 N–H and O–H groups in total. The Balaban J connectivity index is 0.000000433. The fraction of sp³-hybridized carbons (Fsp3) is 0.250. The van der Waals surface area contributed by atoms with Crippen molar-refractivity contribution in [3.8, 4) is 37.3 Å². The van der Waals surface area contributed by atoms with E-state index in [1.54, 1.807) is 0 Å². The van der Waals surface area contributed by atoms with Crippen molar-refractivity contribution in [3.63, 3.8) is 0 Å². The molecule has 0 saturated carbocycles. The summed E-state index contributed by atoms with van der Waals surface area (Å²) in [6.45, 7) is 6.52. The molecule has 2 nitrogen and oxygen atoms in total. The molecule has 116 valence electrons. The molecule has 0 unspecified atom stereocenters. The van der Waals surface area contributed by atoms with Crippen LogP contribution in [0.1, 0.15) is 26.3 Å². The summed E-state index contributed by atoms with van der Waals surface area (Å²) in [5.74, 6) is 10.2. The van der Waals surface area contributed by atoms with Crippen molar-refractivity contribution in [2.24, 2.45) is 0 Å². The summed E-state index contributed by atoms with van der Waals surface area (Å²) >= 11 is 5.02. The predicted molar refractivity (Wildman–Crippen MR) is 124 cm³/mol. The highest BCUT2D eigenvalue weighted by atomic mass is 127. The average Bonchev–Trinajstić information content (AvgIpc) is 2.44. The molecule has 1 rings (SSSR count). The van der Waals surface area contributed by atoms with Gasteiger partial charge in [0.15, 0.2) is 0 Å². The van der Waals surface area contributed by atoms with Crippen LogP contribution < -0.4 is 0 Å². The highest BCUT2D eigenvalue weighted by Crippen LogP contribution is 2.32. The monoisotopic (exact) mass is 744 g/mol. The molecule has 0 saturated heterocycles. The molecular weight excluding hydrogens is 732 g/mol. The van der Waals surface area contributed by atoms with Gasteiger partial charge in [-0.15, -0.1) is 0 Å². The highest BCUT2D eigenvalue weighted by Gasteiger charge is 2.16. The minimum absolute atomic E-state index is 0.146. The normalized spacial score (nSPS) is 8.82. The van der Waals surface area contributed by atoms with Gasteiger partial charge in [0.2, 0.25) is 21.2 Å². The van der Waals surface area contributed by atoms with E-state index in [4.69, 9.17) is 0 Å². The van der Waals surface area contributed by atoms with Crippen LogP contribution in [0.15, 0.2) is 12.1 Å². The van der Waals surface area contributed by atoms with E-state index in [9.17, 15) is 8.18 Å². The van der Waals surface area contributed by atoms with Crippen LogP contribution in [-0.2, 0) is 8.48 Å². The summed E-state index contributed by atoms with van der Waals surface area (Å²) in [6, 6.07) is 4.08. The fourth-order valence-corrected chi connectivity index (χ4v) is 3.28. The van der Waals surface area contributed by atoms with E-state index >= 15 is 0 Å². The Morgan fingerprint density at radius 2 is 1.55 bits per heavy atom. The molecule has 0 atom stereocenters. The lowest BCUT2D eigenvalue weighted by Gasteiger charge is -2.20. The van der Waals surface area contributed by atoms with Crippen molar-refractivity contribution in [3.05, 3.63) is 24.8 Å². The zero-order valence-electron chi connectivity index (χ0n) is 12.0. The molecule has 1 aromatic carbocycles. The molecule has 0 aromatic heterocycles. The second-order valence-electron chi connectivity index (χ2n) is 4.80. The summed E-state index contributed by atoms with van der Waals surface area (Å²) in [5.41, 5.74) is 1.41. The van der Waals surface area contributed by atoms with Gasteiger partial charge in [-0.05, 0) is 95.9 Å². The first-order valence-electron chi connectivity index (χ1n) is 5.79. The third-order valence-corrected chi connectivity index (χ3v) is 4.61. The van der Waals surface area contributed by atoms with Gasteiger partial charge in [-0.2, -0.15) is 0 Å². The van der Waals surface area contributed by atoms with Crippen molar-refractivity contribution >= 4 is 89.0 Å². The Morgan fingerprint density at radius 1 is 1.05 bits per heavy atom. The van der Waals surface area contributed by atoms with Gasteiger partial charge in [-0.25, -0.2) is 0 Å². The summed E-state index contributed by atoms with van der Waals surface area (Å²) in [6.07, 6.45) is 0. The minimum Gasteiger partial charge on any atom is -0.506 e. The van der Waals surface area contributed by atoms with Gasteiger partial charge in [0.05, 0.1) is 7.14 Å². The van der Waals surface area contributed by atoms with Crippen LogP contribution in [0.4, 0.5) is 0 Å². The number of benzene rings is 1. The minimum atomic E-state index is -1.18. The van der Waals surface area contributed by atoms with E-state index in [-0.39, 0.29) is 5.41 Å². The van der Waals surface area contributed by atoms with E-state index in [1.165, 1.54) is 5.56 Å². The SMILES string of the molecule is CC(C)(C)c1cc(I)c(O)c(I)c1.O=IC#CC#CC#CI. The molecule has 1 aromatic rings. The largest absolute Gasteiger partial charge is 0.506 e. The van der Waals surface area contributed by atoms with E-state index in [0.717, 1.165) is 7.14 Å². The lowest BCUT2D eigenvalue weighted by molar-refractivity contribution is 0.466. The number of phenols is 1. The van der Waals surface area contributed by atoms with Gasteiger partial charge in [0, 0.05) is 26.5 Å². The zero-order valence-corrected chi connectivity index (χ0v) is 20.7. The summed E-state index contributed by atoms with van der Waals surface area (Å²) in [5, 5.41) is 9.58. The van der Waals surface area contributed by atoms with E-state index in [2.05, 4.69) is 97.5 Å². The van der Waals surface area contributed by atoms with Gasteiger partial charge in [0.1, 0.15) is 5.75 Å². The van der Waals surface area contributed by atoms with E-state index in [0.29, 0.717) is 5.75 Å². The van der Waals surface area contributed by atoms with Crippen LogP contribution in [0.5, 0.6) is 5.75 Å². The van der Waals surface area contributed by atoms with Crippen LogP contribution in [0.2, 0.25) is 0 Å². The van der Waals surface area contributed by atoms with Crippen molar-refractivity contribution in [2.75, 3.05) is 0 Å². The topological polar surface area (TPSA) is 37.3 Å². The first-order valence-corrected chi connectivity index (χ1v) is 11.0. The molecule has 0 aliphatic heterocycles. The molecule has 0 amide bonds. The number of aromatic hydroxyl groups is 1. The van der Waals surface area contributed by atoms with E-state index < -0.39 is 21.2 Å². The molecule has 0 radical (unpaired) electrons. The number of phenolic OH excluding ortho intramolecular Hbond substituents is 1. The average molecular weight is 744 g/mol. The highest BCUT2D eigenvalue weighted by molar-refractivity contribution is 14.2.